The van der Waals surface area contributed by atoms with Gasteiger partial charge < -0.3 is 0 Å². The number of aryl methyl sites for hydroxylation is 1. The zero-order valence-corrected chi connectivity index (χ0v) is 7.80. The first-order valence-electron chi connectivity index (χ1n) is 4.29. The molecule has 1 aromatic rings. The second kappa shape index (κ2) is 7.32. The first-order valence-corrected chi connectivity index (χ1v) is 4.29. The molecule has 0 bridgehead atoms. The van der Waals surface area contributed by atoms with Crippen molar-refractivity contribution in [1.82, 2.24) is 4.98 Å². The summed E-state index contributed by atoms with van der Waals surface area (Å²) in [6.07, 6.45) is 9.77. The molecule has 2 heteroatoms. The summed E-state index contributed by atoms with van der Waals surface area (Å²) in [5.41, 5.74) is 0. The highest BCUT2D eigenvalue weighted by atomic mass is 15.0. The molecule has 0 aromatic carbocycles. The molecule has 0 fully saturated rings. The lowest BCUT2D eigenvalue weighted by molar-refractivity contribution is -0.670. The monoisotopic (exact) mass is 155 g/mol. The van der Waals surface area contributed by atoms with Crippen LogP contribution in [0, 0.1) is 0 Å². The molecule has 1 aromatic heterocycles. The second-order valence-corrected chi connectivity index (χ2v) is 2.63. The fourth-order valence-corrected chi connectivity index (χ4v) is 0.718. The Morgan fingerprint density at radius 2 is 1.91 bits per heavy atom. The molecule has 0 amide bonds. The Labute approximate surface area is 69.3 Å². The summed E-state index contributed by atoms with van der Waals surface area (Å²) in [5.74, 6) is 0. The number of rotatable bonds is 2. The molecule has 0 radical (unpaired) electrons. The van der Waals surface area contributed by atoms with E-state index in [-0.39, 0.29) is 0 Å². The van der Waals surface area contributed by atoms with Gasteiger partial charge in [-0.05, 0) is 0 Å². The topological polar surface area (TPSA) is 19.7 Å². The van der Waals surface area contributed by atoms with E-state index in [1.54, 1.807) is 0 Å². The van der Waals surface area contributed by atoms with E-state index in [0.29, 0.717) is 0 Å². The van der Waals surface area contributed by atoms with Crippen molar-refractivity contribution in [2.24, 2.45) is 7.05 Å². The maximum absolute atomic E-state index is 2.89. The number of imidazole rings is 1. The summed E-state index contributed by atoms with van der Waals surface area (Å²) in [6, 6.07) is 0. The van der Waals surface area contributed by atoms with Crippen molar-refractivity contribution in [1.29, 1.82) is 0 Å². The predicted molar refractivity (Wildman–Crippen MR) is 47.2 cm³/mol. The van der Waals surface area contributed by atoms with E-state index in [9.17, 15) is 0 Å². The maximum atomic E-state index is 2.89. The number of unbranched alkanes of at least 4 members (excludes halogenated alkanes) is 2. The molecule has 0 spiro atoms. The lowest BCUT2D eigenvalue weighted by Crippen LogP contribution is -2.22. The quantitative estimate of drug-likeness (QED) is 0.631. The van der Waals surface area contributed by atoms with Crippen LogP contribution in [0.25, 0.3) is 0 Å². The van der Waals surface area contributed by atoms with Gasteiger partial charge in [0.15, 0.2) is 0 Å². The zero-order valence-electron chi connectivity index (χ0n) is 7.80. The van der Waals surface area contributed by atoms with Gasteiger partial charge in [-0.2, -0.15) is 0 Å². The smallest absolute Gasteiger partial charge is 0.241 e. The molecule has 1 heterocycles. The summed E-state index contributed by atoms with van der Waals surface area (Å²) < 4.78 is 1.94. The van der Waals surface area contributed by atoms with Crippen LogP contribution >= 0.6 is 0 Å². The van der Waals surface area contributed by atoms with Gasteiger partial charge in [0.1, 0.15) is 12.4 Å². The third-order valence-corrected chi connectivity index (χ3v) is 1.39. The summed E-state index contributed by atoms with van der Waals surface area (Å²) in [6.45, 7) is 4.42. The van der Waals surface area contributed by atoms with Crippen LogP contribution in [0.2, 0.25) is 0 Å². The highest BCUT2D eigenvalue weighted by molar-refractivity contribution is 4.54. The number of aromatic nitrogens is 2. The number of H-pyrrole nitrogens is 1. The standard InChI is InChI=1S/C5H12.C4H6N2/c1-3-5-4-2;1-6-3-2-5-4-6/h3-5H2,1-2H3;2-4H,1H3/p+1. The predicted octanol–water partition coefficient (Wildman–Crippen LogP) is 2.04. The number of nitrogens with one attached hydrogen (secondary N) is 1. The van der Waals surface area contributed by atoms with Crippen molar-refractivity contribution in [3.05, 3.63) is 18.7 Å². The van der Waals surface area contributed by atoms with Gasteiger partial charge in [0, 0.05) is 0 Å². The fraction of sp³-hybridized carbons (Fsp3) is 0.667. The molecule has 0 aliphatic rings. The normalized spacial score (nSPS) is 8.64. The number of nitrogens with zero attached hydrogens (tertiary/aromatic N) is 1. The molecule has 2 nitrogen and oxygen atoms in total. The highest BCUT2D eigenvalue weighted by Gasteiger charge is 1.78. The SMILES string of the molecule is CCCCC.C[n+]1cc[nH]c1. The number of hydrogen-bond donors (Lipinski definition) is 1. The second-order valence-electron chi connectivity index (χ2n) is 2.63. The van der Waals surface area contributed by atoms with E-state index >= 15 is 0 Å². The van der Waals surface area contributed by atoms with Gasteiger partial charge >= 0.3 is 0 Å². The Morgan fingerprint density at radius 3 is 2.00 bits per heavy atom. The largest absolute Gasteiger partial charge is 0.250 e. The van der Waals surface area contributed by atoms with Crippen molar-refractivity contribution in [3.8, 4) is 0 Å². The molecule has 64 valence electrons. The van der Waals surface area contributed by atoms with Crippen LogP contribution in [0.3, 0.4) is 0 Å². The van der Waals surface area contributed by atoms with E-state index in [1.807, 2.05) is 30.3 Å². The molecule has 0 aliphatic carbocycles. The highest BCUT2D eigenvalue weighted by Crippen LogP contribution is 1.88. The molecule has 0 aliphatic heterocycles. The van der Waals surface area contributed by atoms with Crippen molar-refractivity contribution in [2.45, 2.75) is 33.1 Å². The Kier molecular flexibility index (Phi) is 6.79. The third-order valence-electron chi connectivity index (χ3n) is 1.39. The molecule has 0 atom stereocenters. The maximum Gasteiger partial charge on any atom is 0.241 e. The minimum Gasteiger partial charge on any atom is -0.250 e. The van der Waals surface area contributed by atoms with E-state index in [0.717, 1.165) is 0 Å². The summed E-state index contributed by atoms with van der Waals surface area (Å²) >= 11 is 0. The summed E-state index contributed by atoms with van der Waals surface area (Å²) in [7, 11) is 1.97. The van der Waals surface area contributed by atoms with Crippen molar-refractivity contribution in [2.75, 3.05) is 0 Å². The zero-order chi connectivity index (χ0) is 8.53. The lowest BCUT2D eigenvalue weighted by atomic mass is 10.3. The van der Waals surface area contributed by atoms with Crippen LogP contribution in [0.15, 0.2) is 18.7 Å². The van der Waals surface area contributed by atoms with Crippen molar-refractivity contribution in [3.63, 3.8) is 0 Å². The van der Waals surface area contributed by atoms with Crippen LogP contribution in [-0.4, -0.2) is 4.98 Å². The molecule has 0 saturated carbocycles. The van der Waals surface area contributed by atoms with Crippen LogP contribution < -0.4 is 4.57 Å². The van der Waals surface area contributed by atoms with Gasteiger partial charge in [-0.15, -0.1) is 0 Å². The number of aromatic amines is 1. The molecular formula is C9H19N2+. The van der Waals surface area contributed by atoms with Crippen LogP contribution in [0.1, 0.15) is 33.1 Å². The molecule has 1 N–H and O–H groups in total. The van der Waals surface area contributed by atoms with Gasteiger partial charge in [0.05, 0.1) is 7.05 Å². The van der Waals surface area contributed by atoms with Gasteiger partial charge in [0.25, 0.3) is 0 Å². The summed E-state index contributed by atoms with van der Waals surface area (Å²) in [5, 5.41) is 0. The van der Waals surface area contributed by atoms with Gasteiger partial charge in [-0.25, -0.2) is 4.57 Å². The minimum atomic E-state index is 1.34. The molecular weight excluding hydrogens is 136 g/mol. The van der Waals surface area contributed by atoms with Gasteiger partial charge in [-0.1, -0.05) is 33.1 Å². The van der Waals surface area contributed by atoms with E-state index in [4.69, 9.17) is 0 Å². The van der Waals surface area contributed by atoms with E-state index in [1.165, 1.54) is 19.3 Å². The van der Waals surface area contributed by atoms with Crippen LogP contribution in [-0.2, 0) is 7.05 Å². The Balaban J connectivity index is 0.000000187. The number of hydrogen-bond acceptors (Lipinski definition) is 0. The van der Waals surface area contributed by atoms with E-state index < -0.39 is 0 Å². The lowest BCUT2D eigenvalue weighted by Gasteiger charge is -1.79. The van der Waals surface area contributed by atoms with E-state index in [2.05, 4.69) is 18.8 Å². The van der Waals surface area contributed by atoms with Gasteiger partial charge in [0.2, 0.25) is 6.33 Å². The van der Waals surface area contributed by atoms with Gasteiger partial charge in [-0.3, -0.25) is 4.98 Å². The molecule has 11 heavy (non-hydrogen) atoms. The van der Waals surface area contributed by atoms with Crippen LogP contribution in [0.4, 0.5) is 0 Å². The molecule has 1 rings (SSSR count). The average Bonchev–Trinajstić information content (AvgIpc) is 2.43. The third kappa shape index (κ3) is 7.10. The van der Waals surface area contributed by atoms with Crippen LogP contribution in [0.5, 0.6) is 0 Å². The molecule has 0 saturated heterocycles. The average molecular weight is 155 g/mol. The first kappa shape index (κ1) is 10.2. The fourth-order valence-electron chi connectivity index (χ4n) is 0.718. The molecule has 0 unspecified atom stereocenters. The Hall–Kier alpha value is -0.790. The first-order chi connectivity index (χ1) is 5.31. The Morgan fingerprint density at radius 1 is 1.27 bits per heavy atom. The van der Waals surface area contributed by atoms with Crippen molar-refractivity contribution >= 4 is 0 Å². The Bertz CT molecular complexity index is 143. The summed E-state index contributed by atoms with van der Waals surface area (Å²) in [4.78, 5) is 2.89. The van der Waals surface area contributed by atoms with Crippen molar-refractivity contribution < 1.29 is 4.57 Å². The minimum absolute atomic E-state index is 1.34.